The van der Waals surface area contributed by atoms with Gasteiger partial charge in [0.15, 0.2) is 6.10 Å². The van der Waals surface area contributed by atoms with E-state index in [-0.39, 0.29) is 31.6 Å². The lowest BCUT2D eigenvalue weighted by molar-refractivity contribution is -0.166. The topological polar surface area (TPSA) is 78.9 Å². The van der Waals surface area contributed by atoms with E-state index in [0.717, 1.165) is 89.9 Å². The average Bonchev–Trinajstić information content (AvgIpc) is 3.22. The lowest BCUT2D eigenvalue weighted by Crippen LogP contribution is -2.30. The molecule has 0 amide bonds. The quantitative estimate of drug-likeness (QED) is 0.0264. The standard InChI is InChI=1S/C52H88O6/c1-4-7-10-13-16-19-22-25-28-30-33-36-39-42-45-51(54)57-48-49(58-52(55)46-43-40-37-34-31-27-24-21-18-15-12-9-6-3)47-56-50(53)44-41-38-35-32-29-26-23-20-17-14-11-8-5-2/h9,12,18,20-23,25,27,31,37,40,49H,4-8,10-11,13-17,19,24,26,28-30,32-36,38-39,41-48H2,1-3H3/b12-9-,21-18-,23-20-,25-22-,31-27-,40-37-. The van der Waals surface area contributed by atoms with Gasteiger partial charge in [0.05, 0.1) is 0 Å². The van der Waals surface area contributed by atoms with Gasteiger partial charge >= 0.3 is 17.9 Å². The highest BCUT2D eigenvalue weighted by Gasteiger charge is 2.19. The van der Waals surface area contributed by atoms with Gasteiger partial charge in [-0.2, -0.15) is 0 Å². The number of hydrogen-bond acceptors (Lipinski definition) is 6. The third-order valence-corrected chi connectivity index (χ3v) is 9.93. The molecule has 0 saturated carbocycles. The van der Waals surface area contributed by atoms with Crippen LogP contribution in [0.3, 0.4) is 0 Å². The molecule has 0 aromatic carbocycles. The van der Waals surface area contributed by atoms with Gasteiger partial charge in [0, 0.05) is 19.3 Å². The highest BCUT2D eigenvalue weighted by Crippen LogP contribution is 2.12. The van der Waals surface area contributed by atoms with Gasteiger partial charge in [-0.05, 0) is 96.3 Å². The van der Waals surface area contributed by atoms with Crippen LogP contribution in [0.5, 0.6) is 0 Å². The zero-order chi connectivity index (χ0) is 42.3. The first-order valence-corrected chi connectivity index (χ1v) is 23.9. The van der Waals surface area contributed by atoms with Crippen LogP contribution in [0, 0.1) is 0 Å². The van der Waals surface area contributed by atoms with E-state index in [1.807, 2.05) is 12.2 Å². The maximum atomic E-state index is 12.7. The van der Waals surface area contributed by atoms with Crippen LogP contribution in [-0.2, 0) is 28.6 Å². The molecule has 0 rings (SSSR count). The summed E-state index contributed by atoms with van der Waals surface area (Å²) < 4.78 is 16.6. The summed E-state index contributed by atoms with van der Waals surface area (Å²) in [7, 11) is 0. The van der Waals surface area contributed by atoms with E-state index >= 15 is 0 Å². The van der Waals surface area contributed by atoms with E-state index in [1.165, 1.54) is 83.5 Å². The van der Waals surface area contributed by atoms with Gasteiger partial charge in [-0.3, -0.25) is 14.4 Å². The molecule has 0 radical (unpaired) electrons. The molecule has 0 aliphatic heterocycles. The van der Waals surface area contributed by atoms with E-state index in [2.05, 4.69) is 81.5 Å². The Bertz CT molecular complexity index is 1110. The van der Waals surface area contributed by atoms with E-state index in [0.29, 0.717) is 19.3 Å². The Morgan fingerprint density at radius 2 is 0.707 bits per heavy atom. The Labute approximate surface area is 357 Å². The van der Waals surface area contributed by atoms with Crippen LogP contribution >= 0.6 is 0 Å². The predicted molar refractivity (Wildman–Crippen MR) is 247 cm³/mol. The second-order valence-corrected chi connectivity index (χ2v) is 15.6. The zero-order valence-corrected chi connectivity index (χ0v) is 37.8. The molecule has 6 heteroatoms. The number of carbonyl (C=O) groups excluding carboxylic acids is 3. The number of rotatable bonds is 42. The number of hydrogen-bond donors (Lipinski definition) is 0. The summed E-state index contributed by atoms with van der Waals surface area (Å²) in [6.07, 6.45) is 57.5. The van der Waals surface area contributed by atoms with Crippen LogP contribution in [-0.4, -0.2) is 37.2 Å². The molecule has 58 heavy (non-hydrogen) atoms. The van der Waals surface area contributed by atoms with Crippen molar-refractivity contribution in [3.8, 4) is 0 Å². The van der Waals surface area contributed by atoms with Crippen LogP contribution in [0.1, 0.15) is 220 Å². The Hall–Kier alpha value is -3.15. The van der Waals surface area contributed by atoms with E-state index in [1.54, 1.807) is 0 Å². The lowest BCUT2D eigenvalue weighted by Gasteiger charge is -2.18. The van der Waals surface area contributed by atoms with E-state index < -0.39 is 12.1 Å². The van der Waals surface area contributed by atoms with Crippen LogP contribution in [0.4, 0.5) is 0 Å². The molecule has 0 aromatic rings. The molecule has 0 spiro atoms. The molecule has 332 valence electrons. The van der Waals surface area contributed by atoms with E-state index in [9.17, 15) is 14.4 Å². The van der Waals surface area contributed by atoms with Crippen LogP contribution in [0.15, 0.2) is 72.9 Å². The summed E-state index contributed by atoms with van der Waals surface area (Å²) in [5, 5.41) is 0. The summed E-state index contributed by atoms with van der Waals surface area (Å²) in [6.45, 7) is 6.41. The minimum Gasteiger partial charge on any atom is -0.462 e. The minimum absolute atomic E-state index is 0.111. The predicted octanol–water partition coefficient (Wildman–Crippen LogP) is 15.5. The second-order valence-electron chi connectivity index (χ2n) is 15.6. The highest BCUT2D eigenvalue weighted by molar-refractivity contribution is 5.71. The first-order chi connectivity index (χ1) is 28.5. The smallest absolute Gasteiger partial charge is 0.306 e. The largest absolute Gasteiger partial charge is 0.462 e. The number of unbranched alkanes of at least 4 members (excludes halogenated alkanes) is 19. The van der Waals surface area contributed by atoms with Gasteiger partial charge in [-0.25, -0.2) is 0 Å². The molecule has 0 aromatic heterocycles. The van der Waals surface area contributed by atoms with Crippen molar-refractivity contribution in [3.05, 3.63) is 72.9 Å². The third-order valence-electron chi connectivity index (χ3n) is 9.93. The number of ether oxygens (including phenoxy) is 3. The van der Waals surface area contributed by atoms with Gasteiger partial charge in [-0.15, -0.1) is 0 Å². The number of esters is 3. The molecule has 0 bridgehead atoms. The molecule has 0 aliphatic carbocycles. The SMILES string of the molecule is CC/C=C\C/C=C\C/C=C\C/C=C\CCC(=O)OC(COC(=O)CCCCCCC/C=C\CCCCCC)COC(=O)CCCCCCC/C=C\CCCCCCC. The Kier molecular flexibility index (Phi) is 44.0. The van der Waals surface area contributed by atoms with Crippen LogP contribution in [0.25, 0.3) is 0 Å². The summed E-state index contributed by atoms with van der Waals surface area (Å²) in [4.78, 5) is 37.8. The molecular weight excluding hydrogens is 721 g/mol. The lowest BCUT2D eigenvalue weighted by atomic mass is 10.1. The molecule has 0 heterocycles. The van der Waals surface area contributed by atoms with Crippen LogP contribution in [0.2, 0.25) is 0 Å². The molecule has 6 nitrogen and oxygen atoms in total. The Balaban J connectivity index is 4.50. The first kappa shape index (κ1) is 54.9. The van der Waals surface area contributed by atoms with Crippen molar-refractivity contribution in [1.29, 1.82) is 0 Å². The fourth-order valence-electron chi connectivity index (χ4n) is 6.33. The summed E-state index contributed by atoms with van der Waals surface area (Å²) >= 11 is 0. The van der Waals surface area contributed by atoms with Crippen molar-refractivity contribution < 1.29 is 28.6 Å². The van der Waals surface area contributed by atoms with Gasteiger partial charge < -0.3 is 14.2 Å². The normalized spacial score (nSPS) is 12.7. The fraction of sp³-hybridized carbons (Fsp3) is 0.712. The van der Waals surface area contributed by atoms with Crippen molar-refractivity contribution in [2.45, 2.75) is 226 Å². The molecule has 0 saturated heterocycles. The van der Waals surface area contributed by atoms with E-state index in [4.69, 9.17) is 14.2 Å². The average molecular weight is 809 g/mol. The molecule has 0 aliphatic rings. The molecule has 0 N–H and O–H groups in total. The molecular formula is C52H88O6. The highest BCUT2D eigenvalue weighted by atomic mass is 16.6. The summed E-state index contributed by atoms with van der Waals surface area (Å²) in [6, 6.07) is 0. The van der Waals surface area contributed by atoms with Crippen molar-refractivity contribution >= 4 is 17.9 Å². The van der Waals surface area contributed by atoms with Crippen LogP contribution < -0.4 is 0 Å². The van der Waals surface area contributed by atoms with Gasteiger partial charge in [0.2, 0.25) is 0 Å². The first-order valence-electron chi connectivity index (χ1n) is 23.9. The monoisotopic (exact) mass is 809 g/mol. The van der Waals surface area contributed by atoms with Crippen molar-refractivity contribution in [1.82, 2.24) is 0 Å². The number of allylic oxidation sites excluding steroid dienone is 12. The van der Waals surface area contributed by atoms with Crippen molar-refractivity contribution in [2.75, 3.05) is 13.2 Å². The van der Waals surface area contributed by atoms with Gasteiger partial charge in [0.1, 0.15) is 13.2 Å². The third kappa shape index (κ3) is 44.0. The Morgan fingerprint density at radius 1 is 0.362 bits per heavy atom. The number of carbonyl (C=O) groups is 3. The molecule has 0 fully saturated rings. The molecule has 1 atom stereocenters. The van der Waals surface area contributed by atoms with Crippen molar-refractivity contribution in [2.24, 2.45) is 0 Å². The van der Waals surface area contributed by atoms with Crippen molar-refractivity contribution in [3.63, 3.8) is 0 Å². The maximum Gasteiger partial charge on any atom is 0.306 e. The second kappa shape index (κ2) is 46.5. The van der Waals surface area contributed by atoms with Gasteiger partial charge in [-0.1, -0.05) is 177 Å². The minimum atomic E-state index is -0.818. The molecule has 1 unspecified atom stereocenters. The summed E-state index contributed by atoms with van der Waals surface area (Å²) in [5.74, 6) is -1.01. The maximum absolute atomic E-state index is 12.7. The zero-order valence-electron chi connectivity index (χ0n) is 37.8. The fourth-order valence-corrected chi connectivity index (χ4v) is 6.33. The Morgan fingerprint density at radius 3 is 1.14 bits per heavy atom. The summed E-state index contributed by atoms with van der Waals surface area (Å²) in [5.41, 5.74) is 0. The van der Waals surface area contributed by atoms with Gasteiger partial charge in [0.25, 0.3) is 0 Å².